The lowest BCUT2D eigenvalue weighted by atomic mass is 10.0. The second-order valence-corrected chi connectivity index (χ2v) is 8.69. The smallest absolute Gasteiger partial charge is 0.246 e. The molecule has 166 valence electrons. The van der Waals surface area contributed by atoms with Crippen LogP contribution in [0.2, 0.25) is 0 Å². The van der Waals surface area contributed by atoms with Crippen molar-refractivity contribution >= 4 is 11.6 Å². The van der Waals surface area contributed by atoms with Crippen molar-refractivity contribution in [3.8, 4) is 0 Å². The molecule has 2 N–H and O–H groups in total. The maximum absolute atomic E-state index is 13.2. The first-order valence-corrected chi connectivity index (χ1v) is 11.6. The maximum Gasteiger partial charge on any atom is 0.246 e. The third-order valence-electron chi connectivity index (χ3n) is 6.17. The van der Waals surface area contributed by atoms with Crippen LogP contribution in [0.4, 0.5) is 5.69 Å². The minimum atomic E-state index is -0.430. The third kappa shape index (κ3) is 6.06. The summed E-state index contributed by atoms with van der Waals surface area (Å²) in [6.07, 6.45) is 3.92. The molecule has 0 unspecified atom stereocenters. The van der Waals surface area contributed by atoms with Crippen LogP contribution < -0.4 is 10.6 Å². The number of rotatable bonds is 8. The lowest BCUT2D eigenvalue weighted by Crippen LogP contribution is -2.33. The van der Waals surface area contributed by atoms with E-state index in [9.17, 15) is 4.79 Å². The van der Waals surface area contributed by atoms with E-state index in [1.807, 2.05) is 61.5 Å². The van der Waals surface area contributed by atoms with Gasteiger partial charge < -0.3 is 5.32 Å². The number of benzene rings is 3. The van der Waals surface area contributed by atoms with Crippen molar-refractivity contribution in [3.05, 3.63) is 101 Å². The Kier molecular flexibility index (Phi) is 7.70. The molecule has 1 aliphatic rings. The summed E-state index contributed by atoms with van der Waals surface area (Å²) in [6, 6.07) is 26.0. The van der Waals surface area contributed by atoms with E-state index in [4.69, 9.17) is 0 Å². The Morgan fingerprint density at radius 1 is 0.844 bits per heavy atom. The monoisotopic (exact) mass is 427 g/mol. The number of aryl methyl sites for hydroxylation is 1. The molecule has 4 nitrogen and oxygen atoms in total. The fraction of sp³-hybridized carbons (Fsp3) is 0.321. The van der Waals surface area contributed by atoms with E-state index in [0.717, 1.165) is 17.8 Å². The van der Waals surface area contributed by atoms with Crippen molar-refractivity contribution < 1.29 is 4.79 Å². The van der Waals surface area contributed by atoms with Crippen molar-refractivity contribution in [3.63, 3.8) is 0 Å². The standard InChI is InChI=1S/C28H33N3O/c1-22-14-16-26(17-15-22)30-28(32)27(23-10-4-2-5-11-23)29-20-24-12-6-7-13-25(24)21-31-18-8-3-9-19-31/h2,4-7,10-17,27,29H,3,8-9,18-21H2,1H3,(H,30,32)/t27-/m0/s1. The van der Waals surface area contributed by atoms with E-state index in [1.165, 1.54) is 49.0 Å². The van der Waals surface area contributed by atoms with Gasteiger partial charge in [-0.05, 0) is 61.7 Å². The molecule has 32 heavy (non-hydrogen) atoms. The number of hydrogen-bond donors (Lipinski definition) is 2. The van der Waals surface area contributed by atoms with Gasteiger partial charge in [0.25, 0.3) is 0 Å². The molecule has 0 aromatic heterocycles. The Morgan fingerprint density at radius 3 is 2.22 bits per heavy atom. The molecule has 1 aliphatic heterocycles. The number of nitrogens with zero attached hydrogens (tertiary/aromatic N) is 1. The van der Waals surface area contributed by atoms with E-state index in [2.05, 4.69) is 39.8 Å². The van der Waals surface area contributed by atoms with Crippen molar-refractivity contribution in [1.29, 1.82) is 0 Å². The predicted octanol–water partition coefficient (Wildman–Crippen LogP) is 5.45. The van der Waals surface area contributed by atoms with Crippen LogP contribution in [0.25, 0.3) is 0 Å². The number of carbonyl (C=O) groups is 1. The normalized spacial score (nSPS) is 15.3. The first-order chi connectivity index (χ1) is 15.7. The van der Waals surface area contributed by atoms with Gasteiger partial charge in [-0.3, -0.25) is 15.0 Å². The molecule has 0 spiro atoms. The molecule has 0 saturated carbocycles. The van der Waals surface area contributed by atoms with Gasteiger partial charge in [0.05, 0.1) is 0 Å². The number of anilines is 1. The first-order valence-electron chi connectivity index (χ1n) is 11.6. The van der Waals surface area contributed by atoms with Crippen LogP contribution in [-0.4, -0.2) is 23.9 Å². The fourth-order valence-electron chi connectivity index (χ4n) is 4.31. The van der Waals surface area contributed by atoms with Crippen LogP contribution in [0, 0.1) is 6.92 Å². The number of nitrogens with one attached hydrogen (secondary N) is 2. The lowest BCUT2D eigenvalue weighted by Gasteiger charge is -2.27. The van der Waals surface area contributed by atoms with Crippen LogP contribution in [0.3, 0.4) is 0 Å². The van der Waals surface area contributed by atoms with Gasteiger partial charge in [0, 0.05) is 18.8 Å². The van der Waals surface area contributed by atoms with Crippen LogP contribution in [0.15, 0.2) is 78.9 Å². The van der Waals surface area contributed by atoms with Gasteiger partial charge >= 0.3 is 0 Å². The molecule has 4 rings (SSSR count). The molecular formula is C28H33N3O. The summed E-state index contributed by atoms with van der Waals surface area (Å²) in [7, 11) is 0. The average Bonchev–Trinajstić information content (AvgIpc) is 2.83. The summed E-state index contributed by atoms with van der Waals surface area (Å²) in [6.45, 7) is 6.01. The van der Waals surface area contributed by atoms with E-state index < -0.39 is 6.04 Å². The Hall–Kier alpha value is -2.95. The fourth-order valence-corrected chi connectivity index (χ4v) is 4.31. The molecule has 0 radical (unpaired) electrons. The minimum Gasteiger partial charge on any atom is -0.324 e. The average molecular weight is 428 g/mol. The highest BCUT2D eigenvalue weighted by Crippen LogP contribution is 2.20. The van der Waals surface area contributed by atoms with Gasteiger partial charge in [0.1, 0.15) is 6.04 Å². The second-order valence-electron chi connectivity index (χ2n) is 8.69. The predicted molar refractivity (Wildman–Crippen MR) is 131 cm³/mol. The SMILES string of the molecule is Cc1ccc(NC(=O)[C@@H](NCc2ccccc2CN2CCCCC2)c2ccccc2)cc1. The van der Waals surface area contributed by atoms with E-state index in [-0.39, 0.29) is 5.91 Å². The summed E-state index contributed by atoms with van der Waals surface area (Å²) < 4.78 is 0. The number of piperidine rings is 1. The summed E-state index contributed by atoms with van der Waals surface area (Å²) in [5.74, 6) is -0.0476. The van der Waals surface area contributed by atoms with Gasteiger partial charge in [-0.2, -0.15) is 0 Å². The molecule has 1 fully saturated rings. The number of likely N-dealkylation sites (tertiary alicyclic amines) is 1. The van der Waals surface area contributed by atoms with Crippen molar-refractivity contribution in [1.82, 2.24) is 10.2 Å². The highest BCUT2D eigenvalue weighted by molar-refractivity contribution is 5.95. The van der Waals surface area contributed by atoms with E-state index in [1.54, 1.807) is 0 Å². The minimum absolute atomic E-state index is 0.0476. The highest BCUT2D eigenvalue weighted by Gasteiger charge is 2.21. The Morgan fingerprint density at radius 2 is 1.50 bits per heavy atom. The molecule has 3 aromatic carbocycles. The molecule has 0 bridgehead atoms. The van der Waals surface area contributed by atoms with Crippen LogP contribution in [-0.2, 0) is 17.9 Å². The van der Waals surface area contributed by atoms with Gasteiger partial charge in [0.2, 0.25) is 5.91 Å². The Labute approximate surface area is 191 Å². The highest BCUT2D eigenvalue weighted by atomic mass is 16.2. The largest absolute Gasteiger partial charge is 0.324 e. The molecule has 0 aliphatic carbocycles. The zero-order chi connectivity index (χ0) is 22.2. The lowest BCUT2D eigenvalue weighted by molar-refractivity contribution is -0.118. The summed E-state index contributed by atoms with van der Waals surface area (Å²) in [5, 5.41) is 6.61. The molecular weight excluding hydrogens is 394 g/mol. The van der Waals surface area contributed by atoms with E-state index in [0.29, 0.717) is 6.54 Å². The molecule has 1 atom stereocenters. The molecule has 4 heteroatoms. The van der Waals surface area contributed by atoms with Crippen molar-refractivity contribution in [2.24, 2.45) is 0 Å². The zero-order valence-corrected chi connectivity index (χ0v) is 18.9. The molecule has 1 saturated heterocycles. The quantitative estimate of drug-likeness (QED) is 0.502. The Bertz CT molecular complexity index is 995. The van der Waals surface area contributed by atoms with Crippen molar-refractivity contribution in [2.45, 2.75) is 45.3 Å². The van der Waals surface area contributed by atoms with Gasteiger partial charge in [-0.1, -0.05) is 78.7 Å². The zero-order valence-electron chi connectivity index (χ0n) is 18.9. The van der Waals surface area contributed by atoms with Crippen LogP contribution in [0.1, 0.15) is 47.6 Å². The Balaban J connectivity index is 1.48. The first kappa shape index (κ1) is 22.3. The molecule has 1 heterocycles. The van der Waals surface area contributed by atoms with Gasteiger partial charge in [-0.25, -0.2) is 0 Å². The van der Waals surface area contributed by atoms with Crippen LogP contribution in [0.5, 0.6) is 0 Å². The maximum atomic E-state index is 13.2. The molecule has 3 aromatic rings. The third-order valence-corrected chi connectivity index (χ3v) is 6.17. The second kappa shape index (κ2) is 11.1. The van der Waals surface area contributed by atoms with Gasteiger partial charge in [0.15, 0.2) is 0 Å². The van der Waals surface area contributed by atoms with Crippen LogP contribution >= 0.6 is 0 Å². The number of hydrogen-bond acceptors (Lipinski definition) is 3. The number of amides is 1. The van der Waals surface area contributed by atoms with Gasteiger partial charge in [-0.15, -0.1) is 0 Å². The number of carbonyl (C=O) groups excluding carboxylic acids is 1. The topological polar surface area (TPSA) is 44.4 Å². The van der Waals surface area contributed by atoms with E-state index >= 15 is 0 Å². The summed E-state index contributed by atoms with van der Waals surface area (Å²) >= 11 is 0. The summed E-state index contributed by atoms with van der Waals surface area (Å²) in [5.41, 5.74) is 5.54. The van der Waals surface area contributed by atoms with Crippen molar-refractivity contribution in [2.75, 3.05) is 18.4 Å². The molecule has 1 amide bonds. The summed E-state index contributed by atoms with van der Waals surface area (Å²) in [4.78, 5) is 15.8.